The van der Waals surface area contributed by atoms with Gasteiger partial charge in [0.1, 0.15) is 10.7 Å². The Morgan fingerprint density at radius 1 is 1.39 bits per heavy atom. The first-order chi connectivity index (χ1) is 8.49. The van der Waals surface area contributed by atoms with Crippen molar-refractivity contribution in [2.45, 2.75) is 12.2 Å². The highest BCUT2D eigenvalue weighted by atomic mass is 32.1. The minimum atomic E-state index is -0.898. The molecule has 2 atom stereocenters. The summed E-state index contributed by atoms with van der Waals surface area (Å²) in [6.07, 6.45) is -0.368. The second kappa shape index (κ2) is 4.97. The van der Waals surface area contributed by atoms with E-state index in [1.54, 1.807) is 6.07 Å². The second-order valence-corrected chi connectivity index (χ2v) is 4.58. The lowest BCUT2D eigenvalue weighted by atomic mass is 10.2. The predicted molar refractivity (Wildman–Crippen MR) is 68.0 cm³/mol. The Labute approximate surface area is 109 Å². The lowest BCUT2D eigenvalue weighted by Gasteiger charge is -2.14. The maximum atomic E-state index is 12.0. The van der Waals surface area contributed by atoms with Crippen LogP contribution >= 0.6 is 12.2 Å². The number of likely N-dealkylation sites (tertiary alicyclic amines) is 1. The largest absolute Gasteiger partial charge is 0.389 e. The summed E-state index contributed by atoms with van der Waals surface area (Å²) in [5, 5.41) is 18.8. The average Bonchev–Trinajstić information content (AvgIpc) is 2.69. The highest BCUT2D eigenvalue weighted by Gasteiger charge is 2.33. The number of rotatable bonds is 2. The summed E-state index contributed by atoms with van der Waals surface area (Å²) >= 11 is 4.79. The van der Waals surface area contributed by atoms with Crippen LogP contribution in [0.15, 0.2) is 18.3 Å². The van der Waals surface area contributed by atoms with E-state index in [-0.39, 0.29) is 29.7 Å². The molecule has 0 bridgehead atoms. The molecule has 4 N–H and O–H groups in total. The van der Waals surface area contributed by atoms with Gasteiger partial charge in [-0.3, -0.25) is 9.78 Å². The number of carbonyl (C=O) groups is 1. The van der Waals surface area contributed by atoms with Gasteiger partial charge in [0, 0.05) is 24.8 Å². The number of aliphatic hydroxyl groups excluding tert-OH is 2. The number of β-amino-alcohol motifs (C(OH)–C–C–N with tert-alkyl or cyclic N) is 2. The highest BCUT2D eigenvalue weighted by Crippen LogP contribution is 2.13. The third-order valence-corrected chi connectivity index (χ3v) is 3.05. The topological polar surface area (TPSA) is 99.7 Å². The molecule has 1 aliphatic heterocycles. The summed E-state index contributed by atoms with van der Waals surface area (Å²) in [5.41, 5.74) is 6.25. The van der Waals surface area contributed by atoms with Gasteiger partial charge in [-0.15, -0.1) is 0 Å². The number of aromatic nitrogens is 1. The van der Waals surface area contributed by atoms with Gasteiger partial charge in [0.05, 0.1) is 12.2 Å². The van der Waals surface area contributed by atoms with Crippen LogP contribution in [-0.4, -0.2) is 56.3 Å². The van der Waals surface area contributed by atoms with Crippen LogP contribution < -0.4 is 5.73 Å². The van der Waals surface area contributed by atoms with E-state index in [9.17, 15) is 15.0 Å². The third-order valence-electron chi connectivity index (χ3n) is 2.81. The van der Waals surface area contributed by atoms with Gasteiger partial charge in [-0.05, 0) is 12.1 Å². The molecule has 0 aromatic carbocycles. The first kappa shape index (κ1) is 12.9. The molecule has 0 saturated carbocycles. The Morgan fingerprint density at radius 3 is 2.44 bits per heavy atom. The molecule has 0 radical (unpaired) electrons. The SMILES string of the molecule is NC(=S)c1ccc(C(=O)N2CC(O)C(O)C2)nc1. The summed E-state index contributed by atoms with van der Waals surface area (Å²) < 4.78 is 0. The van der Waals surface area contributed by atoms with E-state index in [1.807, 2.05) is 0 Å². The van der Waals surface area contributed by atoms with Crippen molar-refractivity contribution in [1.82, 2.24) is 9.88 Å². The Hall–Kier alpha value is -1.57. The summed E-state index contributed by atoms with van der Waals surface area (Å²) in [7, 11) is 0. The molecule has 1 aromatic heterocycles. The van der Waals surface area contributed by atoms with Crippen molar-refractivity contribution in [2.24, 2.45) is 5.73 Å². The predicted octanol–water partition coefficient (Wildman–Crippen LogP) is -1.11. The zero-order valence-electron chi connectivity index (χ0n) is 9.48. The Balaban J connectivity index is 2.12. The van der Waals surface area contributed by atoms with E-state index in [2.05, 4.69) is 4.98 Å². The van der Waals surface area contributed by atoms with Gasteiger partial charge in [-0.25, -0.2) is 0 Å². The molecule has 1 aromatic rings. The Bertz CT molecular complexity index is 467. The quantitative estimate of drug-likeness (QED) is 0.588. The number of carbonyl (C=O) groups excluding carboxylic acids is 1. The molecular formula is C11H13N3O3S. The lowest BCUT2D eigenvalue weighted by molar-refractivity contribution is 0.0572. The number of nitrogens with two attached hydrogens (primary N) is 1. The number of hydrogen-bond donors (Lipinski definition) is 3. The molecule has 0 spiro atoms. The molecule has 96 valence electrons. The molecule has 7 heteroatoms. The standard InChI is InChI=1S/C11H13N3O3S/c12-10(18)6-1-2-7(13-3-6)11(17)14-4-8(15)9(16)5-14/h1-3,8-9,15-16H,4-5H2,(H2,12,18). The molecule has 0 aliphatic carbocycles. The van der Waals surface area contributed by atoms with Gasteiger partial charge in [0.25, 0.3) is 5.91 Å². The first-order valence-electron chi connectivity index (χ1n) is 5.40. The first-order valence-corrected chi connectivity index (χ1v) is 5.81. The number of aliphatic hydroxyl groups is 2. The van der Waals surface area contributed by atoms with Gasteiger partial charge < -0.3 is 20.8 Å². The van der Waals surface area contributed by atoms with Gasteiger partial charge in [0.15, 0.2) is 0 Å². The van der Waals surface area contributed by atoms with Crippen LogP contribution in [-0.2, 0) is 0 Å². The van der Waals surface area contributed by atoms with Crippen LogP contribution in [0.2, 0.25) is 0 Å². The van der Waals surface area contributed by atoms with Crippen LogP contribution in [0.1, 0.15) is 16.1 Å². The van der Waals surface area contributed by atoms with Crippen LogP contribution in [0.4, 0.5) is 0 Å². The fraction of sp³-hybridized carbons (Fsp3) is 0.364. The minimum Gasteiger partial charge on any atom is -0.389 e. The van der Waals surface area contributed by atoms with Crippen LogP contribution in [0.3, 0.4) is 0 Å². The lowest BCUT2D eigenvalue weighted by Crippen LogP contribution is -2.30. The van der Waals surface area contributed by atoms with E-state index in [0.29, 0.717) is 5.56 Å². The fourth-order valence-electron chi connectivity index (χ4n) is 1.76. The van der Waals surface area contributed by atoms with E-state index in [4.69, 9.17) is 18.0 Å². The van der Waals surface area contributed by atoms with E-state index in [0.717, 1.165) is 0 Å². The van der Waals surface area contributed by atoms with Crippen molar-refractivity contribution in [1.29, 1.82) is 0 Å². The van der Waals surface area contributed by atoms with E-state index >= 15 is 0 Å². The van der Waals surface area contributed by atoms with E-state index in [1.165, 1.54) is 17.2 Å². The van der Waals surface area contributed by atoms with Gasteiger partial charge in [-0.2, -0.15) is 0 Å². The van der Waals surface area contributed by atoms with Crippen molar-refractivity contribution in [3.05, 3.63) is 29.6 Å². The maximum absolute atomic E-state index is 12.0. The highest BCUT2D eigenvalue weighted by molar-refractivity contribution is 7.80. The molecule has 18 heavy (non-hydrogen) atoms. The normalized spacial score (nSPS) is 23.1. The Kier molecular flexibility index (Phi) is 3.55. The van der Waals surface area contributed by atoms with E-state index < -0.39 is 12.2 Å². The number of pyridine rings is 1. The van der Waals surface area contributed by atoms with Crippen molar-refractivity contribution >= 4 is 23.1 Å². The summed E-state index contributed by atoms with van der Waals surface area (Å²) in [6.45, 7) is 0.220. The van der Waals surface area contributed by atoms with Gasteiger partial charge in [-0.1, -0.05) is 12.2 Å². The molecule has 1 fully saturated rings. The fourth-order valence-corrected chi connectivity index (χ4v) is 1.88. The molecule has 6 nitrogen and oxygen atoms in total. The monoisotopic (exact) mass is 267 g/mol. The smallest absolute Gasteiger partial charge is 0.272 e. The number of hydrogen-bond acceptors (Lipinski definition) is 5. The van der Waals surface area contributed by atoms with Gasteiger partial charge in [0.2, 0.25) is 0 Å². The molecule has 2 heterocycles. The zero-order chi connectivity index (χ0) is 13.3. The summed E-state index contributed by atoms with van der Waals surface area (Å²) in [6, 6.07) is 3.14. The van der Waals surface area contributed by atoms with Crippen LogP contribution in [0.5, 0.6) is 0 Å². The molecule has 2 rings (SSSR count). The third kappa shape index (κ3) is 2.47. The van der Waals surface area contributed by atoms with Crippen molar-refractivity contribution in [2.75, 3.05) is 13.1 Å². The van der Waals surface area contributed by atoms with Crippen LogP contribution in [0, 0.1) is 0 Å². The number of amides is 1. The molecular weight excluding hydrogens is 254 g/mol. The Morgan fingerprint density at radius 2 is 2.00 bits per heavy atom. The molecule has 2 unspecified atom stereocenters. The minimum absolute atomic E-state index is 0.110. The molecule has 1 saturated heterocycles. The maximum Gasteiger partial charge on any atom is 0.272 e. The summed E-state index contributed by atoms with van der Waals surface area (Å²) in [5.74, 6) is -0.333. The number of thiocarbonyl (C=S) groups is 1. The van der Waals surface area contributed by atoms with Crippen LogP contribution in [0.25, 0.3) is 0 Å². The zero-order valence-corrected chi connectivity index (χ0v) is 10.3. The molecule has 1 aliphatic rings. The van der Waals surface area contributed by atoms with Crippen molar-refractivity contribution in [3.63, 3.8) is 0 Å². The van der Waals surface area contributed by atoms with Crippen molar-refractivity contribution < 1.29 is 15.0 Å². The van der Waals surface area contributed by atoms with Gasteiger partial charge >= 0.3 is 0 Å². The number of nitrogens with zero attached hydrogens (tertiary/aromatic N) is 2. The molecule has 1 amide bonds. The summed E-state index contributed by atoms with van der Waals surface area (Å²) in [4.78, 5) is 17.5. The second-order valence-electron chi connectivity index (χ2n) is 4.14. The average molecular weight is 267 g/mol. The van der Waals surface area contributed by atoms with Crippen molar-refractivity contribution in [3.8, 4) is 0 Å².